The summed E-state index contributed by atoms with van der Waals surface area (Å²) in [7, 11) is 0. The summed E-state index contributed by atoms with van der Waals surface area (Å²) in [5, 5.41) is 12.7. The lowest BCUT2D eigenvalue weighted by atomic mass is 10.0. The summed E-state index contributed by atoms with van der Waals surface area (Å²) in [5.74, 6) is -0.197. The third-order valence-electron chi connectivity index (χ3n) is 3.07. The molecule has 102 valence electrons. The van der Waals surface area contributed by atoms with Crippen molar-refractivity contribution in [3.8, 4) is 0 Å². The van der Waals surface area contributed by atoms with Gasteiger partial charge in [-0.1, -0.05) is 31.9 Å². The molecule has 0 bridgehead atoms. The number of aliphatic hydroxyl groups excluding tert-OH is 1. The minimum absolute atomic E-state index is 0.197. The Bertz CT molecular complexity index is 324. The van der Waals surface area contributed by atoms with Crippen LogP contribution in [0.2, 0.25) is 0 Å². The molecule has 0 fully saturated rings. The van der Waals surface area contributed by atoms with E-state index < -0.39 is 0 Å². The van der Waals surface area contributed by atoms with Crippen LogP contribution in [0.4, 0.5) is 4.39 Å². The summed E-state index contributed by atoms with van der Waals surface area (Å²) in [6.07, 6.45) is 3.79. The lowest BCUT2D eigenvalue weighted by molar-refractivity contribution is 0.182. The smallest absolute Gasteiger partial charge is 0.123 e. The second-order valence-corrected chi connectivity index (χ2v) is 4.84. The van der Waals surface area contributed by atoms with E-state index in [-0.39, 0.29) is 18.0 Å². The van der Waals surface area contributed by atoms with E-state index in [2.05, 4.69) is 12.2 Å². The molecular formula is C15H24FNO. The summed E-state index contributed by atoms with van der Waals surface area (Å²) in [5.41, 5.74) is 1.12. The quantitative estimate of drug-likeness (QED) is 0.744. The summed E-state index contributed by atoms with van der Waals surface area (Å²) in [6.45, 7) is 4.74. The fraction of sp³-hybridized carbons (Fsp3) is 0.600. The maximum atomic E-state index is 12.9. The normalized spacial score (nSPS) is 14.4. The lowest BCUT2D eigenvalue weighted by Crippen LogP contribution is -2.24. The van der Waals surface area contributed by atoms with Gasteiger partial charge in [0, 0.05) is 6.04 Å². The van der Waals surface area contributed by atoms with Gasteiger partial charge in [-0.2, -0.15) is 0 Å². The number of rotatable bonds is 8. The molecule has 0 heterocycles. The van der Waals surface area contributed by atoms with Gasteiger partial charge in [0.2, 0.25) is 0 Å². The zero-order valence-electron chi connectivity index (χ0n) is 11.3. The minimum Gasteiger partial charge on any atom is -0.393 e. The van der Waals surface area contributed by atoms with Crippen LogP contribution in [0.3, 0.4) is 0 Å². The molecule has 0 saturated heterocycles. The number of halogens is 1. The van der Waals surface area contributed by atoms with Crippen LogP contribution in [0.5, 0.6) is 0 Å². The van der Waals surface area contributed by atoms with Crippen molar-refractivity contribution in [2.45, 2.75) is 51.7 Å². The van der Waals surface area contributed by atoms with Gasteiger partial charge in [0.25, 0.3) is 0 Å². The molecule has 0 saturated carbocycles. The SMILES string of the molecule is CCCCC(NCCC(C)O)c1ccc(F)cc1. The molecule has 18 heavy (non-hydrogen) atoms. The Labute approximate surface area is 109 Å². The molecule has 0 amide bonds. The van der Waals surface area contributed by atoms with Crippen LogP contribution >= 0.6 is 0 Å². The van der Waals surface area contributed by atoms with E-state index in [4.69, 9.17) is 0 Å². The Morgan fingerprint density at radius 3 is 2.44 bits per heavy atom. The molecule has 2 N–H and O–H groups in total. The highest BCUT2D eigenvalue weighted by Gasteiger charge is 2.10. The molecule has 3 heteroatoms. The molecular weight excluding hydrogens is 229 g/mol. The molecule has 1 aromatic rings. The van der Waals surface area contributed by atoms with Crippen LogP contribution in [0, 0.1) is 5.82 Å². The highest BCUT2D eigenvalue weighted by Crippen LogP contribution is 2.19. The number of hydrogen-bond donors (Lipinski definition) is 2. The molecule has 0 radical (unpaired) electrons. The molecule has 0 aliphatic rings. The fourth-order valence-corrected chi connectivity index (χ4v) is 1.96. The van der Waals surface area contributed by atoms with Gasteiger partial charge >= 0.3 is 0 Å². The fourth-order valence-electron chi connectivity index (χ4n) is 1.96. The average Bonchev–Trinajstić information content (AvgIpc) is 2.34. The van der Waals surface area contributed by atoms with Crippen molar-refractivity contribution in [2.24, 2.45) is 0 Å². The number of nitrogens with one attached hydrogen (secondary N) is 1. The largest absolute Gasteiger partial charge is 0.393 e. The topological polar surface area (TPSA) is 32.3 Å². The molecule has 0 aliphatic carbocycles. The van der Waals surface area contributed by atoms with Crippen molar-refractivity contribution in [3.05, 3.63) is 35.6 Å². The van der Waals surface area contributed by atoms with E-state index in [9.17, 15) is 9.50 Å². The molecule has 2 atom stereocenters. The van der Waals surface area contributed by atoms with Gasteiger partial charge in [-0.15, -0.1) is 0 Å². The van der Waals surface area contributed by atoms with Crippen LogP contribution in [0.15, 0.2) is 24.3 Å². The molecule has 1 rings (SSSR count). The molecule has 1 aromatic carbocycles. The van der Waals surface area contributed by atoms with Crippen molar-refractivity contribution in [3.63, 3.8) is 0 Å². The second-order valence-electron chi connectivity index (χ2n) is 4.84. The van der Waals surface area contributed by atoms with Crippen molar-refractivity contribution in [2.75, 3.05) is 6.54 Å². The van der Waals surface area contributed by atoms with Crippen LogP contribution in [0.25, 0.3) is 0 Å². The van der Waals surface area contributed by atoms with E-state index in [1.165, 1.54) is 12.1 Å². The highest BCUT2D eigenvalue weighted by molar-refractivity contribution is 5.19. The minimum atomic E-state index is -0.280. The van der Waals surface area contributed by atoms with Gasteiger partial charge in [-0.05, 0) is 44.0 Å². The van der Waals surface area contributed by atoms with E-state index in [1.807, 2.05) is 12.1 Å². The third kappa shape index (κ3) is 5.61. The number of hydrogen-bond acceptors (Lipinski definition) is 2. The Kier molecular flexibility index (Phi) is 6.91. The highest BCUT2D eigenvalue weighted by atomic mass is 19.1. The van der Waals surface area contributed by atoms with Crippen molar-refractivity contribution in [1.29, 1.82) is 0 Å². The van der Waals surface area contributed by atoms with E-state index in [1.54, 1.807) is 6.92 Å². The second kappa shape index (κ2) is 8.22. The average molecular weight is 253 g/mol. The lowest BCUT2D eigenvalue weighted by Gasteiger charge is -2.19. The first kappa shape index (κ1) is 15.1. The summed E-state index contributed by atoms with van der Waals surface area (Å²) >= 11 is 0. The van der Waals surface area contributed by atoms with Crippen LogP contribution in [0.1, 0.15) is 51.1 Å². The predicted molar refractivity (Wildman–Crippen MR) is 73.0 cm³/mol. The van der Waals surface area contributed by atoms with Gasteiger partial charge < -0.3 is 10.4 Å². The Hall–Kier alpha value is -0.930. The van der Waals surface area contributed by atoms with Gasteiger partial charge in [0.05, 0.1) is 6.10 Å². The molecule has 2 unspecified atom stereocenters. The van der Waals surface area contributed by atoms with Gasteiger partial charge in [0.1, 0.15) is 5.82 Å². The number of unbranched alkanes of at least 4 members (excludes halogenated alkanes) is 1. The maximum absolute atomic E-state index is 12.9. The van der Waals surface area contributed by atoms with E-state index >= 15 is 0 Å². The standard InChI is InChI=1S/C15H24FNO/c1-3-4-5-15(17-11-10-12(2)18)13-6-8-14(16)9-7-13/h6-9,12,15,17-18H,3-5,10-11H2,1-2H3. The van der Waals surface area contributed by atoms with Crippen molar-refractivity contribution < 1.29 is 9.50 Å². The van der Waals surface area contributed by atoms with Crippen molar-refractivity contribution >= 4 is 0 Å². The van der Waals surface area contributed by atoms with E-state index in [0.29, 0.717) is 0 Å². The monoisotopic (exact) mass is 253 g/mol. The predicted octanol–water partition coefficient (Wildman–Crippen LogP) is 3.42. The molecule has 0 spiro atoms. The number of aliphatic hydroxyl groups is 1. The molecule has 0 aliphatic heterocycles. The van der Waals surface area contributed by atoms with Crippen molar-refractivity contribution in [1.82, 2.24) is 5.32 Å². The molecule has 0 aromatic heterocycles. The first-order valence-corrected chi connectivity index (χ1v) is 6.80. The van der Waals surface area contributed by atoms with Crippen LogP contribution in [-0.4, -0.2) is 17.8 Å². The van der Waals surface area contributed by atoms with Crippen LogP contribution < -0.4 is 5.32 Å². The first-order valence-electron chi connectivity index (χ1n) is 6.80. The third-order valence-corrected chi connectivity index (χ3v) is 3.07. The maximum Gasteiger partial charge on any atom is 0.123 e. The Morgan fingerprint density at radius 1 is 1.22 bits per heavy atom. The Balaban J connectivity index is 2.56. The van der Waals surface area contributed by atoms with Gasteiger partial charge in [0.15, 0.2) is 0 Å². The van der Waals surface area contributed by atoms with E-state index in [0.717, 1.165) is 37.8 Å². The zero-order valence-corrected chi connectivity index (χ0v) is 11.3. The Morgan fingerprint density at radius 2 is 1.89 bits per heavy atom. The zero-order chi connectivity index (χ0) is 13.4. The van der Waals surface area contributed by atoms with Gasteiger partial charge in [-0.25, -0.2) is 4.39 Å². The molecule has 2 nitrogen and oxygen atoms in total. The van der Waals surface area contributed by atoms with Crippen LogP contribution in [-0.2, 0) is 0 Å². The summed E-state index contributed by atoms with van der Waals surface area (Å²) in [6, 6.07) is 6.94. The summed E-state index contributed by atoms with van der Waals surface area (Å²) in [4.78, 5) is 0. The first-order chi connectivity index (χ1) is 8.63. The van der Waals surface area contributed by atoms with Gasteiger partial charge in [-0.3, -0.25) is 0 Å². The number of benzene rings is 1. The summed E-state index contributed by atoms with van der Waals surface area (Å²) < 4.78 is 12.9.